The van der Waals surface area contributed by atoms with Crippen molar-refractivity contribution in [2.75, 3.05) is 25.1 Å². The van der Waals surface area contributed by atoms with Crippen molar-refractivity contribution < 1.29 is 13.9 Å². The summed E-state index contributed by atoms with van der Waals surface area (Å²) in [5.74, 6) is -1.21. The topological polar surface area (TPSA) is 23.5 Å². The van der Waals surface area contributed by atoms with E-state index in [1.165, 1.54) is 17.0 Å². The van der Waals surface area contributed by atoms with E-state index in [-0.39, 0.29) is 12.3 Å². The van der Waals surface area contributed by atoms with Crippen molar-refractivity contribution in [1.29, 1.82) is 0 Å². The molecule has 0 aliphatic carbocycles. The monoisotopic (exact) mass is 187 g/mol. The molecule has 1 rings (SSSR count). The molecule has 0 aliphatic heterocycles. The van der Waals surface area contributed by atoms with E-state index in [2.05, 4.69) is 0 Å². The number of likely N-dealkylation sites (N-methyl/N-ethyl adjacent to an activating group) is 1. The van der Waals surface area contributed by atoms with Crippen LogP contribution in [0.2, 0.25) is 0 Å². The molecule has 0 radical (unpaired) electrons. The summed E-state index contributed by atoms with van der Waals surface area (Å²) in [4.78, 5) is 1.52. The lowest BCUT2D eigenvalue weighted by molar-refractivity contribution is 0.303. The molecule has 0 fully saturated rings. The normalized spacial score (nSPS) is 10.2. The lowest BCUT2D eigenvalue weighted by atomic mass is 10.2. The van der Waals surface area contributed by atoms with Crippen LogP contribution >= 0.6 is 0 Å². The van der Waals surface area contributed by atoms with Gasteiger partial charge in [0.2, 0.25) is 0 Å². The number of nitrogens with zero attached hydrogens (tertiary/aromatic N) is 1. The lowest BCUT2D eigenvalue weighted by Gasteiger charge is -2.18. The van der Waals surface area contributed by atoms with Crippen molar-refractivity contribution in [3.05, 3.63) is 29.8 Å². The van der Waals surface area contributed by atoms with Crippen molar-refractivity contribution in [3.8, 4) is 0 Å². The first-order valence-electron chi connectivity index (χ1n) is 3.92. The molecule has 0 saturated carbocycles. The molecule has 0 spiro atoms. The molecule has 2 nitrogen and oxygen atoms in total. The third-order valence-electron chi connectivity index (χ3n) is 1.76. The third kappa shape index (κ3) is 2.39. The summed E-state index contributed by atoms with van der Waals surface area (Å²) in [5.41, 5.74) is 0.287. The zero-order valence-electron chi connectivity index (χ0n) is 7.30. The smallest absolute Gasteiger partial charge is 0.149 e. The fraction of sp³-hybridized carbons (Fsp3) is 0.333. The molecule has 0 saturated heterocycles. The molecule has 0 amide bonds. The van der Waals surface area contributed by atoms with Gasteiger partial charge in [0, 0.05) is 19.7 Å². The average molecular weight is 187 g/mol. The Labute approximate surface area is 75.4 Å². The van der Waals surface area contributed by atoms with E-state index in [0.717, 1.165) is 6.07 Å². The standard InChI is InChI=1S/C9H11F2NO/c1-12(4-5-13)9-3-2-7(10)6-8(9)11/h2-3,6,13H,4-5H2,1H3. The second-order valence-electron chi connectivity index (χ2n) is 2.74. The van der Waals surface area contributed by atoms with Crippen LogP contribution < -0.4 is 4.90 Å². The van der Waals surface area contributed by atoms with Gasteiger partial charge in [0.25, 0.3) is 0 Å². The molecule has 0 aromatic heterocycles. The van der Waals surface area contributed by atoms with Crippen LogP contribution in [0.15, 0.2) is 18.2 Å². The quantitative estimate of drug-likeness (QED) is 0.773. The number of hydrogen-bond acceptors (Lipinski definition) is 2. The summed E-state index contributed by atoms with van der Waals surface area (Å²) >= 11 is 0. The summed E-state index contributed by atoms with van der Waals surface area (Å²) in [5, 5.41) is 8.61. The van der Waals surface area contributed by atoms with Gasteiger partial charge in [-0.3, -0.25) is 0 Å². The van der Waals surface area contributed by atoms with E-state index in [0.29, 0.717) is 6.54 Å². The summed E-state index contributed by atoms with van der Waals surface area (Å²) in [7, 11) is 1.63. The summed E-state index contributed by atoms with van der Waals surface area (Å²) in [6.07, 6.45) is 0. The van der Waals surface area contributed by atoms with E-state index in [1.807, 2.05) is 0 Å². The molecule has 0 heterocycles. The van der Waals surface area contributed by atoms with Crippen LogP contribution in [0.1, 0.15) is 0 Å². The highest BCUT2D eigenvalue weighted by molar-refractivity contribution is 5.46. The Balaban J connectivity index is 2.88. The van der Waals surface area contributed by atoms with Gasteiger partial charge in [0.05, 0.1) is 12.3 Å². The highest BCUT2D eigenvalue weighted by Crippen LogP contribution is 2.18. The van der Waals surface area contributed by atoms with E-state index < -0.39 is 11.6 Å². The highest BCUT2D eigenvalue weighted by atomic mass is 19.1. The Morgan fingerprint density at radius 3 is 2.62 bits per heavy atom. The molecule has 0 atom stereocenters. The Morgan fingerprint density at radius 1 is 1.38 bits per heavy atom. The fourth-order valence-electron chi connectivity index (χ4n) is 1.06. The molecule has 4 heteroatoms. The Bertz CT molecular complexity index is 291. The molecule has 1 aromatic rings. The average Bonchev–Trinajstić information content (AvgIpc) is 2.04. The first-order chi connectivity index (χ1) is 6.15. The van der Waals surface area contributed by atoms with E-state index in [4.69, 9.17) is 5.11 Å². The van der Waals surface area contributed by atoms with Crippen LogP contribution in [0, 0.1) is 11.6 Å². The molecule has 1 N–H and O–H groups in total. The van der Waals surface area contributed by atoms with E-state index in [1.54, 1.807) is 7.05 Å². The Morgan fingerprint density at radius 2 is 2.08 bits per heavy atom. The number of anilines is 1. The SMILES string of the molecule is CN(CCO)c1ccc(F)cc1F. The summed E-state index contributed by atoms with van der Waals surface area (Å²) < 4.78 is 25.5. The maximum atomic E-state index is 13.1. The van der Waals surface area contributed by atoms with Crippen LogP contribution in [0.5, 0.6) is 0 Å². The predicted molar refractivity (Wildman–Crippen MR) is 46.7 cm³/mol. The first kappa shape index (κ1) is 9.92. The molecular weight excluding hydrogens is 176 g/mol. The van der Waals surface area contributed by atoms with Crippen LogP contribution in [-0.4, -0.2) is 25.3 Å². The van der Waals surface area contributed by atoms with Crippen molar-refractivity contribution >= 4 is 5.69 Å². The maximum absolute atomic E-state index is 13.1. The van der Waals surface area contributed by atoms with Gasteiger partial charge in [-0.25, -0.2) is 8.78 Å². The fourth-order valence-corrected chi connectivity index (χ4v) is 1.06. The second kappa shape index (κ2) is 4.18. The molecule has 0 bridgehead atoms. The van der Waals surface area contributed by atoms with Gasteiger partial charge in [0.1, 0.15) is 11.6 Å². The van der Waals surface area contributed by atoms with Crippen LogP contribution in [-0.2, 0) is 0 Å². The second-order valence-corrected chi connectivity index (χ2v) is 2.74. The molecule has 0 aliphatic rings. The van der Waals surface area contributed by atoms with E-state index in [9.17, 15) is 8.78 Å². The van der Waals surface area contributed by atoms with Crippen molar-refractivity contribution in [2.45, 2.75) is 0 Å². The van der Waals surface area contributed by atoms with Crippen LogP contribution in [0.3, 0.4) is 0 Å². The minimum atomic E-state index is -0.615. The first-order valence-corrected chi connectivity index (χ1v) is 3.92. The summed E-state index contributed by atoms with van der Waals surface area (Å²) in [6, 6.07) is 3.36. The number of halogens is 2. The number of rotatable bonds is 3. The predicted octanol–water partition coefficient (Wildman–Crippen LogP) is 1.39. The maximum Gasteiger partial charge on any atom is 0.149 e. The van der Waals surface area contributed by atoms with Crippen LogP contribution in [0.25, 0.3) is 0 Å². The molecule has 13 heavy (non-hydrogen) atoms. The lowest BCUT2D eigenvalue weighted by Crippen LogP contribution is -2.22. The van der Waals surface area contributed by atoms with Crippen LogP contribution in [0.4, 0.5) is 14.5 Å². The number of hydrogen-bond donors (Lipinski definition) is 1. The van der Waals surface area contributed by atoms with Gasteiger partial charge < -0.3 is 10.0 Å². The van der Waals surface area contributed by atoms with Crippen molar-refractivity contribution in [3.63, 3.8) is 0 Å². The minimum absolute atomic E-state index is 0.0622. The number of benzene rings is 1. The van der Waals surface area contributed by atoms with Gasteiger partial charge in [0.15, 0.2) is 0 Å². The number of aliphatic hydroxyl groups excluding tert-OH is 1. The van der Waals surface area contributed by atoms with Gasteiger partial charge in [-0.05, 0) is 12.1 Å². The van der Waals surface area contributed by atoms with Gasteiger partial charge in [-0.1, -0.05) is 0 Å². The molecule has 0 unspecified atom stereocenters. The molecule has 1 aromatic carbocycles. The Hall–Kier alpha value is -1.16. The third-order valence-corrected chi connectivity index (χ3v) is 1.76. The van der Waals surface area contributed by atoms with Gasteiger partial charge in [-0.2, -0.15) is 0 Å². The zero-order valence-corrected chi connectivity index (χ0v) is 7.30. The largest absolute Gasteiger partial charge is 0.395 e. The minimum Gasteiger partial charge on any atom is -0.395 e. The molecular formula is C9H11F2NO. The van der Waals surface area contributed by atoms with Gasteiger partial charge in [-0.15, -0.1) is 0 Å². The van der Waals surface area contributed by atoms with Gasteiger partial charge >= 0.3 is 0 Å². The molecule has 72 valence electrons. The van der Waals surface area contributed by atoms with E-state index >= 15 is 0 Å². The highest BCUT2D eigenvalue weighted by Gasteiger charge is 2.07. The Kier molecular flexibility index (Phi) is 3.19. The summed E-state index contributed by atoms with van der Waals surface area (Å²) in [6.45, 7) is 0.260. The van der Waals surface area contributed by atoms with Crippen molar-refractivity contribution in [1.82, 2.24) is 0 Å². The number of aliphatic hydroxyl groups is 1. The van der Waals surface area contributed by atoms with Crippen molar-refractivity contribution in [2.24, 2.45) is 0 Å². The zero-order chi connectivity index (χ0) is 9.84.